The largest absolute Gasteiger partial charge is 0.341 e. The average Bonchev–Trinajstić information content (AvgIpc) is 2.81. The van der Waals surface area contributed by atoms with Crippen molar-refractivity contribution >= 4 is 11.9 Å². The molecule has 0 saturated carbocycles. The van der Waals surface area contributed by atoms with E-state index in [4.69, 9.17) is 0 Å². The second kappa shape index (κ2) is 7.43. The maximum Gasteiger partial charge on any atom is 0.227 e. The summed E-state index contributed by atoms with van der Waals surface area (Å²) in [7, 11) is 0. The lowest BCUT2D eigenvalue weighted by Crippen LogP contribution is -2.36. The predicted molar refractivity (Wildman–Crippen MR) is 95.1 cm³/mol. The fourth-order valence-electron chi connectivity index (χ4n) is 3.10. The van der Waals surface area contributed by atoms with Crippen molar-refractivity contribution < 1.29 is 4.79 Å². The molecular weight excluding hydrogens is 300 g/mol. The Morgan fingerprint density at radius 3 is 2.42 bits per heavy atom. The van der Waals surface area contributed by atoms with Gasteiger partial charge in [0.1, 0.15) is 0 Å². The Morgan fingerprint density at radius 2 is 1.71 bits per heavy atom. The zero-order valence-corrected chi connectivity index (χ0v) is 14.4. The molecule has 1 saturated heterocycles. The van der Waals surface area contributed by atoms with E-state index in [2.05, 4.69) is 14.9 Å². The minimum absolute atomic E-state index is 0.199. The summed E-state index contributed by atoms with van der Waals surface area (Å²) in [5.41, 5.74) is 3.04. The van der Waals surface area contributed by atoms with Crippen LogP contribution in [-0.2, 0) is 11.2 Å². The number of aromatic nitrogens is 2. The molecule has 24 heavy (non-hydrogen) atoms. The highest BCUT2D eigenvalue weighted by Gasteiger charge is 2.20. The van der Waals surface area contributed by atoms with Crippen LogP contribution >= 0.6 is 0 Å². The van der Waals surface area contributed by atoms with E-state index in [0.717, 1.165) is 55.5 Å². The lowest BCUT2D eigenvalue weighted by molar-refractivity contribution is -0.130. The summed E-state index contributed by atoms with van der Waals surface area (Å²) in [5, 5.41) is 0. The molecular formula is C19H24N4O. The number of nitrogens with zero attached hydrogens (tertiary/aromatic N) is 4. The van der Waals surface area contributed by atoms with Crippen molar-refractivity contribution in [2.75, 3.05) is 31.1 Å². The van der Waals surface area contributed by atoms with Crippen LogP contribution < -0.4 is 4.90 Å². The third-order valence-electron chi connectivity index (χ3n) is 4.30. The Balaban J connectivity index is 1.63. The second-order valence-electron chi connectivity index (χ2n) is 6.33. The molecule has 1 aromatic carbocycles. The van der Waals surface area contributed by atoms with E-state index in [-0.39, 0.29) is 5.91 Å². The molecule has 2 heterocycles. The van der Waals surface area contributed by atoms with Crippen LogP contribution in [0.5, 0.6) is 0 Å². The lowest BCUT2D eigenvalue weighted by Gasteiger charge is -2.22. The quantitative estimate of drug-likeness (QED) is 0.870. The lowest BCUT2D eigenvalue weighted by atomic mass is 10.1. The molecule has 1 aliphatic heterocycles. The van der Waals surface area contributed by atoms with Crippen molar-refractivity contribution in [2.24, 2.45) is 0 Å². The van der Waals surface area contributed by atoms with Gasteiger partial charge in [-0.3, -0.25) is 4.79 Å². The topological polar surface area (TPSA) is 49.3 Å². The van der Waals surface area contributed by atoms with Crippen LogP contribution in [0.3, 0.4) is 0 Å². The van der Waals surface area contributed by atoms with Crippen LogP contribution in [0.15, 0.2) is 36.4 Å². The molecule has 5 heteroatoms. The number of hydrogen-bond donors (Lipinski definition) is 0. The number of carbonyl (C=O) groups is 1. The van der Waals surface area contributed by atoms with Gasteiger partial charge in [-0.15, -0.1) is 0 Å². The molecule has 0 aliphatic carbocycles. The van der Waals surface area contributed by atoms with E-state index in [1.54, 1.807) is 0 Å². The first-order chi connectivity index (χ1) is 11.6. The van der Waals surface area contributed by atoms with E-state index in [9.17, 15) is 4.79 Å². The fourth-order valence-corrected chi connectivity index (χ4v) is 3.10. The predicted octanol–water partition coefficient (Wildman–Crippen LogP) is 2.37. The Bertz CT molecular complexity index is 682. The fraction of sp³-hybridized carbons (Fsp3) is 0.421. The summed E-state index contributed by atoms with van der Waals surface area (Å²) < 4.78 is 0. The molecule has 0 spiro atoms. The summed E-state index contributed by atoms with van der Waals surface area (Å²) in [6.45, 7) is 7.17. The third-order valence-corrected chi connectivity index (χ3v) is 4.30. The van der Waals surface area contributed by atoms with Gasteiger partial charge in [0.2, 0.25) is 11.9 Å². The Kier molecular flexibility index (Phi) is 5.08. The molecule has 0 radical (unpaired) electrons. The summed E-state index contributed by atoms with van der Waals surface area (Å²) in [5.74, 6) is 0.981. The molecule has 2 aromatic rings. The van der Waals surface area contributed by atoms with E-state index in [1.165, 1.54) is 0 Å². The summed E-state index contributed by atoms with van der Waals surface area (Å²) in [6.07, 6.45) is 1.41. The first-order valence-electron chi connectivity index (χ1n) is 8.51. The standard InChI is InChI=1S/C19H24N4O/c1-15-13-16(2)21-19(20-15)23-10-6-9-22(11-12-23)18(24)14-17-7-4-3-5-8-17/h3-5,7-8,13H,6,9-12,14H2,1-2H3. The van der Waals surface area contributed by atoms with Gasteiger partial charge in [0.25, 0.3) is 0 Å². The number of anilines is 1. The summed E-state index contributed by atoms with van der Waals surface area (Å²) >= 11 is 0. The number of hydrogen-bond acceptors (Lipinski definition) is 4. The van der Waals surface area contributed by atoms with Gasteiger partial charge in [-0.2, -0.15) is 0 Å². The number of aryl methyl sites for hydroxylation is 2. The molecule has 5 nitrogen and oxygen atoms in total. The van der Waals surface area contributed by atoms with Crippen molar-refractivity contribution in [3.05, 3.63) is 53.3 Å². The molecule has 1 amide bonds. The van der Waals surface area contributed by atoms with E-state index in [0.29, 0.717) is 6.42 Å². The zero-order chi connectivity index (χ0) is 16.9. The van der Waals surface area contributed by atoms with Gasteiger partial charge in [-0.25, -0.2) is 9.97 Å². The molecule has 0 N–H and O–H groups in total. The average molecular weight is 324 g/mol. The smallest absolute Gasteiger partial charge is 0.227 e. The van der Waals surface area contributed by atoms with Gasteiger partial charge < -0.3 is 9.80 Å². The Labute approximate surface area is 143 Å². The number of carbonyl (C=O) groups excluding carboxylic acids is 1. The minimum atomic E-state index is 0.199. The van der Waals surface area contributed by atoms with Crippen LogP contribution in [0.2, 0.25) is 0 Å². The van der Waals surface area contributed by atoms with Gasteiger partial charge in [-0.05, 0) is 31.9 Å². The SMILES string of the molecule is Cc1cc(C)nc(N2CCCN(C(=O)Cc3ccccc3)CC2)n1. The molecule has 0 unspecified atom stereocenters. The molecule has 1 fully saturated rings. The molecule has 1 aromatic heterocycles. The van der Waals surface area contributed by atoms with Crippen LogP contribution in [0.25, 0.3) is 0 Å². The Hall–Kier alpha value is -2.43. The van der Waals surface area contributed by atoms with E-state index >= 15 is 0 Å². The Morgan fingerprint density at radius 1 is 1.00 bits per heavy atom. The summed E-state index contributed by atoms with van der Waals surface area (Å²) in [4.78, 5) is 25.8. The zero-order valence-electron chi connectivity index (χ0n) is 14.4. The second-order valence-corrected chi connectivity index (χ2v) is 6.33. The van der Waals surface area contributed by atoms with Gasteiger partial charge >= 0.3 is 0 Å². The first-order valence-corrected chi connectivity index (χ1v) is 8.51. The van der Waals surface area contributed by atoms with E-state index < -0.39 is 0 Å². The highest BCUT2D eigenvalue weighted by Crippen LogP contribution is 2.14. The number of rotatable bonds is 3. The highest BCUT2D eigenvalue weighted by molar-refractivity contribution is 5.78. The van der Waals surface area contributed by atoms with Crippen LogP contribution in [0, 0.1) is 13.8 Å². The van der Waals surface area contributed by atoms with Crippen molar-refractivity contribution in [3.63, 3.8) is 0 Å². The van der Waals surface area contributed by atoms with Crippen LogP contribution in [0.1, 0.15) is 23.4 Å². The molecule has 0 atom stereocenters. The first kappa shape index (κ1) is 16.4. The normalized spacial score (nSPS) is 15.2. The maximum atomic E-state index is 12.5. The van der Waals surface area contributed by atoms with Crippen LogP contribution in [0.4, 0.5) is 5.95 Å². The van der Waals surface area contributed by atoms with E-state index in [1.807, 2.05) is 55.1 Å². The van der Waals surface area contributed by atoms with Gasteiger partial charge in [0, 0.05) is 37.6 Å². The van der Waals surface area contributed by atoms with Gasteiger partial charge in [-0.1, -0.05) is 30.3 Å². The maximum absolute atomic E-state index is 12.5. The monoisotopic (exact) mass is 324 g/mol. The third kappa shape index (κ3) is 4.10. The van der Waals surface area contributed by atoms with Crippen molar-refractivity contribution in [3.8, 4) is 0 Å². The minimum Gasteiger partial charge on any atom is -0.341 e. The molecule has 126 valence electrons. The van der Waals surface area contributed by atoms with Crippen molar-refractivity contribution in [2.45, 2.75) is 26.7 Å². The number of benzene rings is 1. The summed E-state index contributed by atoms with van der Waals surface area (Å²) in [6, 6.07) is 11.9. The molecule has 1 aliphatic rings. The van der Waals surface area contributed by atoms with Crippen molar-refractivity contribution in [1.29, 1.82) is 0 Å². The number of amides is 1. The molecule has 0 bridgehead atoms. The van der Waals surface area contributed by atoms with Gasteiger partial charge in [0.05, 0.1) is 6.42 Å². The van der Waals surface area contributed by atoms with Crippen molar-refractivity contribution in [1.82, 2.24) is 14.9 Å². The molecule has 3 rings (SSSR count). The van der Waals surface area contributed by atoms with Gasteiger partial charge in [0.15, 0.2) is 0 Å². The van der Waals surface area contributed by atoms with Crippen LogP contribution in [-0.4, -0.2) is 47.0 Å². The highest BCUT2D eigenvalue weighted by atomic mass is 16.2.